The average molecular weight is 587 g/mol. The maximum atomic E-state index is 12.1. The van der Waals surface area contributed by atoms with E-state index in [9.17, 15) is 8.42 Å². The Morgan fingerprint density at radius 2 is 1.29 bits per heavy atom. The summed E-state index contributed by atoms with van der Waals surface area (Å²) >= 11 is 3.35. The Bertz CT molecular complexity index is 964. The first kappa shape index (κ1) is 33.7. The molecule has 2 rings (SSSR count). The number of anilines is 1. The summed E-state index contributed by atoms with van der Waals surface area (Å²) in [4.78, 5) is 0. The van der Waals surface area contributed by atoms with Crippen LogP contribution in [-0.4, -0.2) is 23.6 Å². The van der Waals surface area contributed by atoms with Crippen molar-refractivity contribution in [2.45, 2.75) is 91.2 Å². The van der Waals surface area contributed by atoms with Crippen LogP contribution in [0.25, 0.3) is 0 Å². The lowest BCUT2D eigenvalue weighted by Crippen LogP contribution is -2.44. The van der Waals surface area contributed by atoms with E-state index < -0.39 is 22.0 Å². The number of nitrogen functional groups attached to an aromatic ring is 1. The number of hydrogen-bond donors (Lipinski definition) is 2. The van der Waals surface area contributed by atoms with E-state index in [1.54, 1.807) is 0 Å². The minimum atomic E-state index is -1.09. The monoisotopic (exact) mass is 585 g/mol. The van der Waals surface area contributed by atoms with Crippen LogP contribution in [0, 0.1) is 6.92 Å². The SMILES string of the molecule is CC(C)(NS(=O)C(C)(C)C)c1ccc(N)cc1.CC(C)=NS(=O)C(C)(C)C.Cc1ccc(Br)cc1. The standard InChI is InChI=1S/C13H22N2OS.C7H7Br.C7H15NOS/c1-12(2,3)17(16)15-13(4,5)10-6-8-11(14)9-7-10;1-6-2-4-7(8)5-3-6;1-6(2)8-10(9)7(3,4)5/h6-9,15H,14H2,1-5H3;2-5H,1H3;1-5H3. The van der Waals surface area contributed by atoms with Crippen molar-refractivity contribution >= 4 is 49.3 Å². The van der Waals surface area contributed by atoms with Crippen molar-refractivity contribution in [1.29, 1.82) is 0 Å². The van der Waals surface area contributed by atoms with Crippen LogP contribution in [0.4, 0.5) is 5.69 Å². The quantitative estimate of drug-likeness (QED) is 0.293. The molecule has 0 heterocycles. The molecule has 8 heteroatoms. The summed E-state index contributed by atoms with van der Waals surface area (Å²) in [6.45, 7) is 21.4. The first-order valence-electron chi connectivity index (χ1n) is 11.5. The second-order valence-corrected chi connectivity index (χ2v) is 15.7. The minimum Gasteiger partial charge on any atom is -0.399 e. The molecule has 5 nitrogen and oxygen atoms in total. The minimum absolute atomic E-state index is 0.225. The van der Waals surface area contributed by atoms with Gasteiger partial charge in [-0.15, -0.1) is 0 Å². The van der Waals surface area contributed by atoms with Crippen LogP contribution >= 0.6 is 15.9 Å². The van der Waals surface area contributed by atoms with E-state index in [0.717, 1.165) is 21.4 Å². The molecule has 198 valence electrons. The van der Waals surface area contributed by atoms with Crippen molar-refractivity contribution in [2.75, 3.05) is 5.73 Å². The van der Waals surface area contributed by atoms with Crippen LogP contribution < -0.4 is 10.5 Å². The third-order valence-corrected chi connectivity index (χ3v) is 8.25. The largest absolute Gasteiger partial charge is 0.399 e. The molecular formula is C27H44BrN3O2S2. The van der Waals surface area contributed by atoms with Crippen molar-refractivity contribution in [3.8, 4) is 0 Å². The number of aryl methyl sites for hydroxylation is 1. The van der Waals surface area contributed by atoms with Crippen LogP contribution in [0.15, 0.2) is 57.4 Å². The lowest BCUT2D eigenvalue weighted by atomic mass is 9.96. The summed E-state index contributed by atoms with van der Waals surface area (Å²) in [6.07, 6.45) is 0. The van der Waals surface area contributed by atoms with Gasteiger partial charge in [-0.05, 0) is 106 Å². The van der Waals surface area contributed by atoms with Crippen molar-refractivity contribution < 1.29 is 8.42 Å². The molecule has 2 atom stereocenters. The summed E-state index contributed by atoms with van der Waals surface area (Å²) in [5.41, 5.74) is 9.30. The zero-order valence-electron chi connectivity index (χ0n) is 23.2. The molecular weight excluding hydrogens is 542 g/mol. The number of nitrogens with two attached hydrogens (primary N) is 1. The second-order valence-electron chi connectivity index (χ2n) is 10.9. The van der Waals surface area contributed by atoms with Gasteiger partial charge in [0.2, 0.25) is 0 Å². The molecule has 2 unspecified atom stereocenters. The Kier molecular flexibility index (Phi) is 13.8. The van der Waals surface area contributed by atoms with Crippen LogP contribution in [0.2, 0.25) is 0 Å². The lowest BCUT2D eigenvalue weighted by molar-refractivity contribution is 0.487. The highest BCUT2D eigenvalue weighted by Crippen LogP contribution is 2.23. The van der Waals surface area contributed by atoms with Crippen molar-refractivity contribution in [3.05, 3.63) is 64.1 Å². The Balaban J connectivity index is 0.000000544. The van der Waals surface area contributed by atoms with Gasteiger partial charge in [-0.3, -0.25) is 0 Å². The molecule has 0 aromatic heterocycles. The van der Waals surface area contributed by atoms with Gasteiger partial charge >= 0.3 is 0 Å². The van der Waals surface area contributed by atoms with Gasteiger partial charge in [0, 0.05) is 21.4 Å². The summed E-state index contributed by atoms with van der Waals surface area (Å²) in [5, 5.41) is 0. The summed E-state index contributed by atoms with van der Waals surface area (Å²) in [5.74, 6) is 0. The van der Waals surface area contributed by atoms with Gasteiger partial charge in [-0.1, -0.05) is 45.8 Å². The first-order valence-corrected chi connectivity index (χ1v) is 14.5. The molecule has 0 aliphatic heterocycles. The molecule has 0 bridgehead atoms. The highest BCUT2D eigenvalue weighted by Gasteiger charge is 2.28. The molecule has 0 aliphatic carbocycles. The highest BCUT2D eigenvalue weighted by atomic mass is 79.9. The third kappa shape index (κ3) is 14.7. The number of hydrogen-bond acceptors (Lipinski definition) is 3. The maximum Gasteiger partial charge on any atom is 0.144 e. The lowest BCUT2D eigenvalue weighted by Gasteiger charge is -2.30. The second kappa shape index (κ2) is 14.4. The molecule has 0 saturated heterocycles. The van der Waals surface area contributed by atoms with Crippen molar-refractivity contribution in [1.82, 2.24) is 4.72 Å². The van der Waals surface area contributed by atoms with Crippen molar-refractivity contribution in [2.24, 2.45) is 4.40 Å². The van der Waals surface area contributed by atoms with E-state index in [2.05, 4.69) is 44.1 Å². The van der Waals surface area contributed by atoms with Crippen LogP contribution in [0.1, 0.15) is 80.4 Å². The van der Waals surface area contributed by atoms with Gasteiger partial charge in [0.25, 0.3) is 0 Å². The van der Waals surface area contributed by atoms with E-state index >= 15 is 0 Å². The molecule has 2 aromatic rings. The number of benzene rings is 2. The normalized spacial score (nSPS) is 13.4. The van der Waals surface area contributed by atoms with Gasteiger partial charge in [-0.2, -0.15) is 4.40 Å². The van der Waals surface area contributed by atoms with E-state index in [4.69, 9.17) is 5.73 Å². The number of nitrogens with one attached hydrogen (secondary N) is 1. The van der Waals surface area contributed by atoms with E-state index in [1.165, 1.54) is 5.56 Å². The predicted octanol–water partition coefficient (Wildman–Crippen LogP) is 7.24. The molecule has 0 fully saturated rings. The zero-order chi connectivity index (χ0) is 27.6. The number of nitrogens with zero attached hydrogens (tertiary/aromatic N) is 1. The maximum absolute atomic E-state index is 12.1. The summed E-state index contributed by atoms with van der Waals surface area (Å²) in [6, 6.07) is 15.9. The molecule has 35 heavy (non-hydrogen) atoms. The fourth-order valence-electron chi connectivity index (χ4n) is 2.18. The summed E-state index contributed by atoms with van der Waals surface area (Å²) in [7, 11) is -2.17. The molecule has 0 amide bonds. The molecule has 0 radical (unpaired) electrons. The Morgan fingerprint density at radius 3 is 1.60 bits per heavy atom. The van der Waals surface area contributed by atoms with E-state index in [1.807, 2.05) is 106 Å². The Morgan fingerprint density at radius 1 is 0.829 bits per heavy atom. The van der Waals surface area contributed by atoms with E-state index in [0.29, 0.717) is 0 Å². The predicted molar refractivity (Wildman–Crippen MR) is 160 cm³/mol. The zero-order valence-corrected chi connectivity index (χ0v) is 26.4. The van der Waals surface area contributed by atoms with Crippen LogP contribution in [0.3, 0.4) is 0 Å². The van der Waals surface area contributed by atoms with Gasteiger partial charge in [0.15, 0.2) is 0 Å². The van der Waals surface area contributed by atoms with Crippen LogP contribution in [0.5, 0.6) is 0 Å². The van der Waals surface area contributed by atoms with Gasteiger partial charge in [0.05, 0.1) is 20.5 Å². The Hall–Kier alpha value is -1.35. The molecule has 2 aromatic carbocycles. The topological polar surface area (TPSA) is 84.6 Å². The highest BCUT2D eigenvalue weighted by molar-refractivity contribution is 9.10. The van der Waals surface area contributed by atoms with Crippen LogP contribution in [-0.2, 0) is 27.5 Å². The van der Waals surface area contributed by atoms with E-state index in [-0.39, 0.29) is 15.0 Å². The molecule has 0 aliphatic rings. The molecule has 0 spiro atoms. The van der Waals surface area contributed by atoms with Gasteiger partial charge < -0.3 is 5.73 Å². The number of halogens is 1. The fraction of sp³-hybridized carbons (Fsp3) is 0.519. The average Bonchev–Trinajstić information content (AvgIpc) is 2.69. The summed E-state index contributed by atoms with van der Waals surface area (Å²) < 4.78 is 31.0. The van der Waals surface area contributed by atoms with Gasteiger partial charge in [0.1, 0.15) is 11.0 Å². The number of rotatable bonds is 4. The Labute approximate surface area is 227 Å². The smallest absolute Gasteiger partial charge is 0.144 e. The fourth-order valence-corrected chi connectivity index (χ4v) is 3.94. The molecule has 0 saturated carbocycles. The molecule has 3 N–H and O–H groups in total. The van der Waals surface area contributed by atoms with Crippen molar-refractivity contribution in [3.63, 3.8) is 0 Å². The van der Waals surface area contributed by atoms with Gasteiger partial charge in [-0.25, -0.2) is 13.1 Å². The third-order valence-electron chi connectivity index (χ3n) is 4.34. The first-order chi connectivity index (χ1) is 15.8.